The van der Waals surface area contributed by atoms with Crippen LogP contribution in [0.2, 0.25) is 0 Å². The van der Waals surface area contributed by atoms with Crippen LogP contribution < -0.4 is 5.32 Å². The number of aromatic nitrogens is 3. The lowest BCUT2D eigenvalue weighted by atomic mass is 10.1. The van der Waals surface area contributed by atoms with E-state index in [1.807, 2.05) is 0 Å². The second-order valence-corrected chi connectivity index (χ2v) is 5.63. The number of anilines is 1. The minimum absolute atomic E-state index is 0.181. The summed E-state index contributed by atoms with van der Waals surface area (Å²) in [6, 6.07) is 1.50. The molecule has 2 N–H and O–H groups in total. The van der Waals surface area contributed by atoms with Gasteiger partial charge in [-0.1, -0.05) is 6.57 Å². The van der Waals surface area contributed by atoms with Gasteiger partial charge in [0.05, 0.1) is 24.0 Å². The first-order chi connectivity index (χ1) is 11.5. The quantitative estimate of drug-likeness (QED) is 0.828. The van der Waals surface area contributed by atoms with Gasteiger partial charge in [0.25, 0.3) is 11.7 Å². The van der Waals surface area contributed by atoms with Gasteiger partial charge in [-0.15, -0.1) is 4.98 Å². The topological polar surface area (TPSA) is 84.4 Å². The molecule has 1 amide bonds. The third-order valence-corrected chi connectivity index (χ3v) is 3.33. The highest BCUT2D eigenvalue weighted by Gasteiger charge is 2.35. The van der Waals surface area contributed by atoms with Gasteiger partial charge in [-0.2, -0.15) is 18.3 Å². The van der Waals surface area contributed by atoms with Crippen molar-refractivity contribution in [3.63, 3.8) is 0 Å². The predicted octanol–water partition coefficient (Wildman–Crippen LogP) is 2.55. The first kappa shape index (κ1) is 18.4. The summed E-state index contributed by atoms with van der Waals surface area (Å²) in [6.07, 6.45) is -1.98. The normalized spacial score (nSPS) is 13.8. The first-order valence-corrected chi connectivity index (χ1v) is 7.00. The molecule has 0 aromatic carbocycles. The Morgan fingerprint density at radius 3 is 2.64 bits per heavy atom. The van der Waals surface area contributed by atoms with E-state index in [4.69, 9.17) is 6.57 Å². The monoisotopic (exact) mass is 353 g/mol. The molecular weight excluding hydrogens is 339 g/mol. The summed E-state index contributed by atoms with van der Waals surface area (Å²) >= 11 is 0. The largest absolute Gasteiger partial charge is 0.419 e. The van der Waals surface area contributed by atoms with Gasteiger partial charge in [-0.25, -0.2) is 0 Å². The summed E-state index contributed by atoms with van der Waals surface area (Å²) in [7, 11) is 0. The highest BCUT2D eigenvalue weighted by atomic mass is 19.4. The number of halogens is 3. The lowest BCUT2D eigenvalue weighted by Gasteiger charge is -2.22. The van der Waals surface area contributed by atoms with Gasteiger partial charge >= 0.3 is 6.18 Å². The van der Waals surface area contributed by atoms with Gasteiger partial charge in [0.1, 0.15) is 6.20 Å². The van der Waals surface area contributed by atoms with Crippen molar-refractivity contribution in [1.82, 2.24) is 14.8 Å². The number of hydrogen-bond donors (Lipinski definition) is 2. The number of aliphatic hydroxyl groups is 1. The highest BCUT2D eigenvalue weighted by molar-refractivity contribution is 5.96. The van der Waals surface area contributed by atoms with Crippen molar-refractivity contribution >= 4 is 17.4 Å². The molecule has 2 rings (SSSR count). The summed E-state index contributed by atoms with van der Waals surface area (Å²) in [5.74, 6) is -0.658. The molecule has 0 spiro atoms. The molecule has 132 valence electrons. The number of aryl methyl sites for hydroxylation is 1. The predicted molar refractivity (Wildman–Crippen MR) is 81.7 cm³/mol. The van der Waals surface area contributed by atoms with E-state index in [1.165, 1.54) is 12.3 Å². The third-order valence-electron chi connectivity index (χ3n) is 3.33. The van der Waals surface area contributed by atoms with Crippen molar-refractivity contribution in [2.45, 2.75) is 32.2 Å². The number of alkyl halides is 3. The molecule has 1 atom stereocenters. The second kappa shape index (κ2) is 6.52. The Morgan fingerprint density at radius 1 is 1.44 bits per heavy atom. The molecule has 2 aromatic rings. The SMILES string of the molecule is [C-]#[N+]c1ncc(NC(=O)[C@@](C)(O)Cn2cc(C(F)(F)F)cn2)cc1C. The standard InChI is InChI=1S/C15H14F3N5O2/c1-9-4-11(6-20-12(9)19-3)22-13(24)14(2,25)8-23-7-10(5-21-23)15(16,17)18/h4-7,25H,8H2,1-2H3,(H,22,24)/t14-/m0/s1. The molecule has 0 bridgehead atoms. The van der Waals surface area contributed by atoms with E-state index >= 15 is 0 Å². The number of nitrogens with one attached hydrogen (secondary N) is 1. The number of hydrogen-bond acceptors (Lipinski definition) is 4. The van der Waals surface area contributed by atoms with Gasteiger partial charge in [0.2, 0.25) is 0 Å². The summed E-state index contributed by atoms with van der Waals surface area (Å²) < 4.78 is 38.5. The van der Waals surface area contributed by atoms with Gasteiger partial charge in [0.15, 0.2) is 5.60 Å². The lowest BCUT2D eigenvalue weighted by Crippen LogP contribution is -2.43. The van der Waals surface area contributed by atoms with E-state index in [2.05, 4.69) is 20.2 Å². The van der Waals surface area contributed by atoms with Crippen LogP contribution in [0.1, 0.15) is 18.1 Å². The summed E-state index contributed by atoms with van der Waals surface area (Å²) in [5.41, 5.74) is -2.19. The maximum Gasteiger partial charge on any atom is 0.419 e. The van der Waals surface area contributed by atoms with Crippen molar-refractivity contribution in [2.75, 3.05) is 5.32 Å². The highest BCUT2D eigenvalue weighted by Crippen LogP contribution is 2.28. The average molecular weight is 353 g/mol. The van der Waals surface area contributed by atoms with Crippen molar-refractivity contribution in [2.24, 2.45) is 0 Å². The minimum Gasteiger partial charge on any atom is -0.378 e. The van der Waals surface area contributed by atoms with Crippen molar-refractivity contribution < 1.29 is 23.1 Å². The number of amides is 1. The Balaban J connectivity index is 2.11. The van der Waals surface area contributed by atoms with Crippen LogP contribution in [-0.2, 0) is 17.5 Å². The molecule has 7 nitrogen and oxygen atoms in total. The Hall–Kier alpha value is -2.93. The second-order valence-electron chi connectivity index (χ2n) is 5.63. The van der Waals surface area contributed by atoms with Crippen molar-refractivity contribution in [3.05, 3.63) is 47.2 Å². The lowest BCUT2D eigenvalue weighted by molar-refractivity contribution is -0.137. The molecule has 0 saturated carbocycles. The van der Waals surface area contributed by atoms with E-state index in [1.54, 1.807) is 6.92 Å². The Morgan fingerprint density at radius 2 is 2.12 bits per heavy atom. The number of pyridine rings is 1. The number of carbonyl (C=O) groups is 1. The molecule has 0 unspecified atom stereocenters. The van der Waals surface area contributed by atoms with Crippen LogP contribution in [0.3, 0.4) is 0 Å². The molecule has 0 saturated heterocycles. The molecule has 0 aliphatic rings. The zero-order valence-electron chi connectivity index (χ0n) is 13.3. The smallest absolute Gasteiger partial charge is 0.378 e. The van der Waals surface area contributed by atoms with Crippen LogP contribution in [0.25, 0.3) is 4.85 Å². The van der Waals surface area contributed by atoms with Crippen LogP contribution in [0.15, 0.2) is 24.7 Å². The Kier molecular flexibility index (Phi) is 4.80. The molecular formula is C15H14F3N5O2. The van der Waals surface area contributed by atoms with Gasteiger partial charge in [-0.3, -0.25) is 9.48 Å². The summed E-state index contributed by atoms with van der Waals surface area (Å²) in [4.78, 5) is 19.2. The van der Waals surface area contributed by atoms with Crippen LogP contribution in [-0.4, -0.2) is 31.4 Å². The average Bonchev–Trinajstić information content (AvgIpc) is 2.95. The van der Waals surface area contributed by atoms with E-state index < -0.39 is 29.8 Å². The molecule has 2 aromatic heterocycles. The zero-order valence-corrected chi connectivity index (χ0v) is 13.3. The molecule has 2 heterocycles. The van der Waals surface area contributed by atoms with Gasteiger partial charge < -0.3 is 15.3 Å². The summed E-state index contributed by atoms with van der Waals surface area (Å²) in [5, 5.41) is 16.2. The van der Waals surface area contributed by atoms with E-state index in [0.29, 0.717) is 18.0 Å². The first-order valence-electron chi connectivity index (χ1n) is 7.00. The van der Waals surface area contributed by atoms with E-state index in [0.717, 1.165) is 11.6 Å². The minimum atomic E-state index is -4.56. The van der Waals surface area contributed by atoms with Crippen molar-refractivity contribution in [1.29, 1.82) is 0 Å². The van der Waals surface area contributed by atoms with Crippen LogP contribution >= 0.6 is 0 Å². The van der Waals surface area contributed by atoms with Crippen LogP contribution in [0.5, 0.6) is 0 Å². The fourth-order valence-corrected chi connectivity index (χ4v) is 2.00. The number of rotatable bonds is 4. The molecule has 10 heteroatoms. The van der Waals surface area contributed by atoms with E-state index in [9.17, 15) is 23.1 Å². The molecule has 0 radical (unpaired) electrons. The molecule has 25 heavy (non-hydrogen) atoms. The van der Waals surface area contributed by atoms with Crippen molar-refractivity contribution in [3.8, 4) is 0 Å². The van der Waals surface area contributed by atoms with E-state index in [-0.39, 0.29) is 11.5 Å². The maximum atomic E-state index is 12.6. The number of nitrogens with zero attached hydrogens (tertiary/aromatic N) is 4. The Bertz CT molecular complexity index is 836. The fourth-order valence-electron chi connectivity index (χ4n) is 2.00. The molecule has 0 aliphatic carbocycles. The summed E-state index contributed by atoms with van der Waals surface area (Å²) in [6.45, 7) is 9.23. The van der Waals surface area contributed by atoms with Crippen LogP contribution in [0, 0.1) is 13.5 Å². The maximum absolute atomic E-state index is 12.6. The van der Waals surface area contributed by atoms with Crippen LogP contribution in [0.4, 0.5) is 24.7 Å². The molecule has 0 aliphatic heterocycles. The van der Waals surface area contributed by atoms with Gasteiger partial charge in [-0.05, 0) is 25.5 Å². The third kappa shape index (κ3) is 4.33. The number of carbonyl (C=O) groups excluding carboxylic acids is 1. The fraction of sp³-hybridized carbons (Fsp3) is 0.333. The Labute approximate surface area is 140 Å². The molecule has 0 fully saturated rings. The zero-order chi connectivity index (χ0) is 18.8. The van der Waals surface area contributed by atoms with Gasteiger partial charge in [0, 0.05) is 6.20 Å².